The van der Waals surface area contributed by atoms with E-state index in [1.807, 2.05) is 31.2 Å². The minimum atomic E-state index is -0.511. The second kappa shape index (κ2) is 9.89. The smallest absolute Gasteiger partial charge is 0.248 e. The van der Waals surface area contributed by atoms with Crippen LogP contribution in [0.1, 0.15) is 17.3 Å². The minimum absolute atomic E-state index is 0.182. The molecular weight excluding hydrogens is 410 g/mol. The van der Waals surface area contributed by atoms with Gasteiger partial charge in [-0.2, -0.15) is 0 Å². The molecule has 2 amide bonds. The molecule has 3 aromatic rings. The summed E-state index contributed by atoms with van der Waals surface area (Å²) in [5.41, 5.74) is 6.98. The molecule has 0 spiro atoms. The van der Waals surface area contributed by atoms with Gasteiger partial charge in [-0.1, -0.05) is 35.2 Å². The Balaban J connectivity index is 1.52. The van der Waals surface area contributed by atoms with Gasteiger partial charge >= 0.3 is 0 Å². The van der Waals surface area contributed by atoms with Crippen LogP contribution < -0.4 is 21.1 Å². The van der Waals surface area contributed by atoms with Crippen molar-refractivity contribution in [2.75, 3.05) is 23.0 Å². The van der Waals surface area contributed by atoms with E-state index >= 15 is 0 Å². The van der Waals surface area contributed by atoms with Crippen LogP contribution in [0, 0.1) is 0 Å². The van der Waals surface area contributed by atoms with Crippen LogP contribution in [0.3, 0.4) is 0 Å². The molecule has 0 aliphatic carbocycles. The van der Waals surface area contributed by atoms with E-state index in [1.165, 1.54) is 23.1 Å². The molecule has 0 unspecified atom stereocenters. The van der Waals surface area contributed by atoms with E-state index in [1.54, 1.807) is 24.3 Å². The molecule has 10 heteroatoms. The van der Waals surface area contributed by atoms with Gasteiger partial charge in [0.1, 0.15) is 5.75 Å². The topological polar surface area (TPSA) is 119 Å². The van der Waals surface area contributed by atoms with E-state index < -0.39 is 5.91 Å². The molecule has 0 fully saturated rings. The summed E-state index contributed by atoms with van der Waals surface area (Å²) in [6, 6.07) is 14.0. The number of benzene rings is 2. The number of primary amides is 1. The zero-order valence-electron chi connectivity index (χ0n) is 15.5. The summed E-state index contributed by atoms with van der Waals surface area (Å²) in [4.78, 5) is 23.2. The molecule has 29 heavy (non-hydrogen) atoms. The molecule has 3 rings (SSSR count). The van der Waals surface area contributed by atoms with Gasteiger partial charge in [0.2, 0.25) is 16.9 Å². The Morgan fingerprint density at radius 1 is 1.14 bits per heavy atom. The van der Waals surface area contributed by atoms with Gasteiger partial charge in [-0.15, -0.1) is 10.2 Å². The number of anilines is 3. The molecule has 0 aliphatic heterocycles. The molecule has 0 saturated carbocycles. The van der Waals surface area contributed by atoms with Crippen molar-refractivity contribution in [3.05, 3.63) is 54.1 Å². The molecule has 0 aliphatic rings. The van der Waals surface area contributed by atoms with Gasteiger partial charge in [-0.3, -0.25) is 9.59 Å². The fraction of sp³-hybridized carbons (Fsp3) is 0.158. The van der Waals surface area contributed by atoms with Gasteiger partial charge in [-0.05, 0) is 43.3 Å². The summed E-state index contributed by atoms with van der Waals surface area (Å²) in [5, 5.41) is 14.8. The molecule has 150 valence electrons. The number of para-hydroxylation sites is 2. The predicted octanol–water partition coefficient (Wildman–Crippen LogP) is 3.51. The molecule has 2 aromatic carbocycles. The quantitative estimate of drug-likeness (QED) is 0.445. The Labute approximate surface area is 175 Å². The molecule has 0 atom stereocenters. The normalized spacial score (nSPS) is 10.4. The maximum absolute atomic E-state index is 12.1. The summed E-state index contributed by atoms with van der Waals surface area (Å²) in [6.07, 6.45) is 0. The van der Waals surface area contributed by atoms with E-state index in [2.05, 4.69) is 20.8 Å². The highest BCUT2D eigenvalue weighted by Gasteiger charge is 2.11. The number of nitrogens with zero attached hydrogens (tertiary/aromatic N) is 2. The summed E-state index contributed by atoms with van der Waals surface area (Å²) in [7, 11) is 0. The van der Waals surface area contributed by atoms with Gasteiger partial charge in [0.25, 0.3) is 0 Å². The van der Waals surface area contributed by atoms with Gasteiger partial charge < -0.3 is 21.1 Å². The van der Waals surface area contributed by atoms with Crippen LogP contribution in [0.15, 0.2) is 52.9 Å². The number of hydrogen-bond acceptors (Lipinski definition) is 8. The second-order valence-corrected chi connectivity index (χ2v) is 7.91. The van der Waals surface area contributed by atoms with Crippen molar-refractivity contribution in [3.8, 4) is 5.75 Å². The van der Waals surface area contributed by atoms with Gasteiger partial charge in [0.15, 0.2) is 4.34 Å². The van der Waals surface area contributed by atoms with Crippen molar-refractivity contribution in [2.45, 2.75) is 11.3 Å². The molecule has 1 aromatic heterocycles. The van der Waals surface area contributed by atoms with Crippen LogP contribution >= 0.6 is 23.1 Å². The third kappa shape index (κ3) is 5.93. The lowest BCUT2D eigenvalue weighted by Gasteiger charge is -2.09. The largest absolute Gasteiger partial charge is 0.492 e. The van der Waals surface area contributed by atoms with Crippen molar-refractivity contribution in [1.29, 1.82) is 0 Å². The van der Waals surface area contributed by atoms with Crippen LogP contribution in [0.25, 0.3) is 0 Å². The summed E-state index contributed by atoms with van der Waals surface area (Å²) < 4.78 is 6.25. The van der Waals surface area contributed by atoms with Crippen molar-refractivity contribution >= 4 is 51.4 Å². The van der Waals surface area contributed by atoms with Crippen molar-refractivity contribution in [2.24, 2.45) is 5.73 Å². The maximum Gasteiger partial charge on any atom is 0.248 e. The van der Waals surface area contributed by atoms with Gasteiger partial charge in [0, 0.05) is 11.3 Å². The molecule has 0 bridgehead atoms. The number of ether oxygens (including phenoxy) is 1. The van der Waals surface area contributed by atoms with Crippen LogP contribution in [0.2, 0.25) is 0 Å². The van der Waals surface area contributed by atoms with Crippen LogP contribution in [-0.4, -0.2) is 34.4 Å². The SMILES string of the molecule is CCOc1ccccc1Nc1nnc(SCC(=O)Nc2ccc(C(N)=O)cc2)s1. The minimum Gasteiger partial charge on any atom is -0.492 e. The summed E-state index contributed by atoms with van der Waals surface area (Å²) >= 11 is 2.64. The number of rotatable bonds is 9. The second-order valence-electron chi connectivity index (χ2n) is 5.71. The van der Waals surface area contributed by atoms with Gasteiger partial charge in [-0.25, -0.2) is 0 Å². The third-order valence-corrected chi connectivity index (χ3v) is 5.59. The van der Waals surface area contributed by atoms with Crippen LogP contribution in [-0.2, 0) is 4.79 Å². The molecule has 1 heterocycles. The zero-order chi connectivity index (χ0) is 20.6. The Hall–Kier alpha value is -3.11. The van der Waals surface area contributed by atoms with Crippen molar-refractivity contribution < 1.29 is 14.3 Å². The summed E-state index contributed by atoms with van der Waals surface area (Å²) in [5.74, 6) is 0.221. The standard InChI is InChI=1S/C19H19N5O3S2/c1-2-27-15-6-4-3-5-14(15)22-18-23-24-19(29-18)28-11-16(25)21-13-9-7-12(8-10-13)17(20)26/h3-10H,2,11H2,1H3,(H2,20,26)(H,21,25)(H,22,23). The predicted molar refractivity (Wildman–Crippen MR) is 115 cm³/mol. The van der Waals surface area contributed by atoms with E-state index in [0.717, 1.165) is 11.4 Å². The zero-order valence-corrected chi connectivity index (χ0v) is 17.2. The number of aromatic nitrogens is 2. The number of thioether (sulfide) groups is 1. The molecular formula is C19H19N5O3S2. The molecule has 4 N–H and O–H groups in total. The van der Waals surface area contributed by atoms with Gasteiger partial charge in [0.05, 0.1) is 18.0 Å². The number of carbonyl (C=O) groups excluding carboxylic acids is 2. The number of nitrogens with two attached hydrogens (primary N) is 1. The van der Waals surface area contributed by atoms with E-state index in [-0.39, 0.29) is 11.7 Å². The lowest BCUT2D eigenvalue weighted by molar-refractivity contribution is -0.113. The number of amides is 2. The average Bonchev–Trinajstić information content (AvgIpc) is 3.16. The number of carbonyl (C=O) groups is 2. The third-order valence-electron chi connectivity index (χ3n) is 3.61. The molecule has 0 saturated heterocycles. The fourth-order valence-electron chi connectivity index (χ4n) is 2.33. The number of hydrogen-bond donors (Lipinski definition) is 3. The maximum atomic E-state index is 12.1. The fourth-order valence-corrected chi connectivity index (χ4v) is 3.89. The first-order valence-electron chi connectivity index (χ1n) is 8.70. The monoisotopic (exact) mass is 429 g/mol. The Morgan fingerprint density at radius 2 is 1.90 bits per heavy atom. The van der Waals surface area contributed by atoms with E-state index in [0.29, 0.717) is 27.3 Å². The van der Waals surface area contributed by atoms with E-state index in [9.17, 15) is 9.59 Å². The highest BCUT2D eigenvalue weighted by atomic mass is 32.2. The van der Waals surface area contributed by atoms with Crippen LogP contribution in [0.5, 0.6) is 5.75 Å². The number of nitrogens with one attached hydrogen (secondary N) is 2. The lowest BCUT2D eigenvalue weighted by Crippen LogP contribution is -2.14. The first kappa shape index (κ1) is 20.6. The first-order chi connectivity index (χ1) is 14.0. The molecule has 8 nitrogen and oxygen atoms in total. The first-order valence-corrected chi connectivity index (χ1v) is 10.5. The highest BCUT2D eigenvalue weighted by molar-refractivity contribution is 8.01. The van der Waals surface area contributed by atoms with Crippen LogP contribution in [0.4, 0.5) is 16.5 Å². The van der Waals surface area contributed by atoms with E-state index in [4.69, 9.17) is 10.5 Å². The Morgan fingerprint density at radius 3 is 2.62 bits per heavy atom. The molecule has 0 radical (unpaired) electrons. The lowest BCUT2D eigenvalue weighted by atomic mass is 10.2. The average molecular weight is 430 g/mol. The highest BCUT2D eigenvalue weighted by Crippen LogP contribution is 2.31. The summed E-state index contributed by atoms with van der Waals surface area (Å²) in [6.45, 7) is 2.49. The van der Waals surface area contributed by atoms with Crippen molar-refractivity contribution in [1.82, 2.24) is 10.2 Å². The van der Waals surface area contributed by atoms with Crippen molar-refractivity contribution in [3.63, 3.8) is 0 Å². The Kier molecular flexibility index (Phi) is 7.04. The Bertz CT molecular complexity index is 992.